The zero-order valence-corrected chi connectivity index (χ0v) is 11.9. The first-order valence-electron chi connectivity index (χ1n) is 7.24. The zero-order valence-electron chi connectivity index (χ0n) is 11.1. The maximum atomic E-state index is 12.5. The smallest absolute Gasteiger partial charge is 0.167 e. The first-order valence-corrected chi connectivity index (χ1v) is 7.62. The monoisotopic (exact) mass is 277 g/mol. The van der Waals surface area contributed by atoms with Crippen molar-refractivity contribution in [2.24, 2.45) is 11.8 Å². The number of piperidine rings is 1. The number of rotatable bonds is 4. The molecule has 0 unspecified atom stereocenters. The Labute approximate surface area is 119 Å². The van der Waals surface area contributed by atoms with Crippen LogP contribution in [0.25, 0.3) is 0 Å². The second-order valence-corrected chi connectivity index (χ2v) is 6.35. The molecule has 0 radical (unpaired) electrons. The standard InChI is InChI=1S/C16H20ClNO/c17-15-7-5-13(6-8-15)16(19)14-2-1-9-18(11-14)10-12-3-4-12/h5-8,12,14H,1-4,9-11H2/t14-/m1/s1. The molecule has 2 aliphatic rings. The van der Waals surface area contributed by atoms with Crippen molar-refractivity contribution in [1.82, 2.24) is 4.90 Å². The Kier molecular flexibility index (Phi) is 3.90. The number of ketones is 1. The highest BCUT2D eigenvalue weighted by Crippen LogP contribution is 2.31. The lowest BCUT2D eigenvalue weighted by molar-refractivity contribution is 0.0814. The molecule has 0 amide bonds. The molecule has 0 N–H and O–H groups in total. The largest absolute Gasteiger partial charge is 0.302 e. The molecule has 1 aromatic rings. The van der Waals surface area contributed by atoms with E-state index in [0.29, 0.717) is 5.02 Å². The Morgan fingerprint density at radius 2 is 1.95 bits per heavy atom. The predicted octanol–water partition coefficient (Wildman–Crippen LogP) is 3.64. The number of Topliss-reactive ketones (excluding diaryl/α,β-unsaturated/α-hetero) is 1. The molecule has 19 heavy (non-hydrogen) atoms. The van der Waals surface area contributed by atoms with Crippen LogP contribution in [0.4, 0.5) is 0 Å². The third-order valence-corrected chi connectivity index (χ3v) is 4.47. The lowest BCUT2D eigenvalue weighted by Gasteiger charge is -2.32. The molecule has 1 heterocycles. The molecular weight excluding hydrogens is 258 g/mol. The Morgan fingerprint density at radius 1 is 1.21 bits per heavy atom. The molecule has 1 saturated heterocycles. The lowest BCUT2D eigenvalue weighted by Crippen LogP contribution is -2.39. The normalized spacial score (nSPS) is 24.4. The van der Waals surface area contributed by atoms with Crippen LogP contribution in [-0.4, -0.2) is 30.3 Å². The fourth-order valence-electron chi connectivity index (χ4n) is 2.95. The van der Waals surface area contributed by atoms with Gasteiger partial charge in [0.25, 0.3) is 0 Å². The summed E-state index contributed by atoms with van der Waals surface area (Å²) in [6, 6.07) is 7.31. The van der Waals surface area contributed by atoms with E-state index in [0.717, 1.165) is 30.9 Å². The SMILES string of the molecule is O=C(c1ccc(Cl)cc1)[C@@H]1CCCN(CC2CC2)C1. The number of hydrogen-bond donors (Lipinski definition) is 0. The van der Waals surface area contributed by atoms with Gasteiger partial charge in [0.15, 0.2) is 5.78 Å². The van der Waals surface area contributed by atoms with Crippen LogP contribution in [0.1, 0.15) is 36.0 Å². The molecule has 1 aromatic carbocycles. The number of carbonyl (C=O) groups excluding carboxylic acids is 1. The molecule has 1 saturated carbocycles. The summed E-state index contributed by atoms with van der Waals surface area (Å²) in [5, 5.41) is 0.690. The summed E-state index contributed by atoms with van der Waals surface area (Å²) in [5.74, 6) is 1.37. The van der Waals surface area contributed by atoms with Crippen LogP contribution < -0.4 is 0 Å². The molecule has 1 atom stereocenters. The third-order valence-electron chi connectivity index (χ3n) is 4.22. The Bertz CT molecular complexity index is 452. The van der Waals surface area contributed by atoms with Crippen molar-refractivity contribution in [2.75, 3.05) is 19.6 Å². The van der Waals surface area contributed by atoms with Gasteiger partial charge in [-0.1, -0.05) is 11.6 Å². The van der Waals surface area contributed by atoms with Gasteiger partial charge in [0.1, 0.15) is 0 Å². The molecule has 3 rings (SSSR count). The molecular formula is C16H20ClNO. The van der Waals surface area contributed by atoms with Crippen molar-refractivity contribution < 1.29 is 4.79 Å². The van der Waals surface area contributed by atoms with Crippen LogP contribution in [-0.2, 0) is 0 Å². The summed E-state index contributed by atoms with van der Waals surface area (Å²) in [4.78, 5) is 15.0. The van der Waals surface area contributed by atoms with Gasteiger partial charge in [0.2, 0.25) is 0 Å². The van der Waals surface area contributed by atoms with Crippen LogP contribution in [0, 0.1) is 11.8 Å². The van der Waals surface area contributed by atoms with Gasteiger partial charge >= 0.3 is 0 Å². The Morgan fingerprint density at radius 3 is 2.63 bits per heavy atom. The minimum Gasteiger partial charge on any atom is -0.302 e. The highest BCUT2D eigenvalue weighted by Gasteiger charge is 2.30. The van der Waals surface area contributed by atoms with Crippen molar-refractivity contribution in [3.8, 4) is 0 Å². The van der Waals surface area contributed by atoms with Crippen molar-refractivity contribution in [3.63, 3.8) is 0 Å². The summed E-state index contributed by atoms with van der Waals surface area (Å²) in [5.41, 5.74) is 0.808. The van der Waals surface area contributed by atoms with Gasteiger partial charge in [-0.25, -0.2) is 0 Å². The summed E-state index contributed by atoms with van der Waals surface area (Å²) < 4.78 is 0. The quantitative estimate of drug-likeness (QED) is 0.783. The second-order valence-electron chi connectivity index (χ2n) is 5.91. The van der Waals surface area contributed by atoms with Crippen LogP contribution >= 0.6 is 11.6 Å². The first-order chi connectivity index (χ1) is 9.22. The molecule has 2 fully saturated rings. The first kappa shape index (κ1) is 13.1. The van der Waals surface area contributed by atoms with Gasteiger partial charge in [0, 0.05) is 29.6 Å². The number of likely N-dealkylation sites (tertiary alicyclic amines) is 1. The van der Waals surface area contributed by atoms with E-state index in [-0.39, 0.29) is 11.7 Å². The van der Waals surface area contributed by atoms with E-state index < -0.39 is 0 Å². The maximum Gasteiger partial charge on any atom is 0.167 e. The molecule has 0 bridgehead atoms. The van der Waals surface area contributed by atoms with Gasteiger partial charge in [-0.2, -0.15) is 0 Å². The third kappa shape index (κ3) is 3.37. The van der Waals surface area contributed by atoms with E-state index >= 15 is 0 Å². The molecule has 2 nitrogen and oxygen atoms in total. The number of hydrogen-bond acceptors (Lipinski definition) is 2. The molecule has 102 valence electrons. The van der Waals surface area contributed by atoms with Crippen LogP contribution in [0.3, 0.4) is 0 Å². The van der Waals surface area contributed by atoms with E-state index in [1.54, 1.807) is 12.1 Å². The maximum absolute atomic E-state index is 12.5. The fraction of sp³-hybridized carbons (Fsp3) is 0.562. The van der Waals surface area contributed by atoms with Crippen molar-refractivity contribution in [3.05, 3.63) is 34.9 Å². The average molecular weight is 278 g/mol. The molecule has 0 spiro atoms. The summed E-state index contributed by atoms with van der Waals surface area (Å²) >= 11 is 5.87. The van der Waals surface area contributed by atoms with Gasteiger partial charge in [0.05, 0.1) is 0 Å². The Hall–Kier alpha value is -0.860. The fourth-order valence-corrected chi connectivity index (χ4v) is 3.08. The summed E-state index contributed by atoms with van der Waals surface area (Å²) in [6.07, 6.45) is 4.94. The van der Waals surface area contributed by atoms with Gasteiger partial charge in [-0.3, -0.25) is 4.79 Å². The zero-order chi connectivity index (χ0) is 13.2. The number of nitrogens with zero attached hydrogens (tertiary/aromatic N) is 1. The number of benzene rings is 1. The lowest BCUT2D eigenvalue weighted by atomic mass is 9.90. The summed E-state index contributed by atoms with van der Waals surface area (Å²) in [6.45, 7) is 3.31. The number of halogens is 1. The van der Waals surface area contributed by atoms with Gasteiger partial charge in [-0.05, 0) is 62.4 Å². The minimum absolute atomic E-state index is 0.175. The topological polar surface area (TPSA) is 20.3 Å². The van der Waals surface area contributed by atoms with Crippen LogP contribution in [0.15, 0.2) is 24.3 Å². The van der Waals surface area contributed by atoms with E-state index in [1.807, 2.05) is 12.1 Å². The van der Waals surface area contributed by atoms with E-state index in [4.69, 9.17) is 11.6 Å². The molecule has 3 heteroatoms. The minimum atomic E-state index is 0.175. The van der Waals surface area contributed by atoms with E-state index in [9.17, 15) is 4.79 Å². The predicted molar refractivity (Wildman–Crippen MR) is 77.7 cm³/mol. The van der Waals surface area contributed by atoms with Crippen molar-refractivity contribution in [2.45, 2.75) is 25.7 Å². The van der Waals surface area contributed by atoms with Crippen LogP contribution in [0.5, 0.6) is 0 Å². The van der Waals surface area contributed by atoms with Gasteiger partial charge in [-0.15, -0.1) is 0 Å². The van der Waals surface area contributed by atoms with Crippen molar-refractivity contribution >= 4 is 17.4 Å². The Balaban J connectivity index is 1.63. The molecule has 1 aliphatic carbocycles. The van der Waals surface area contributed by atoms with E-state index in [1.165, 1.54) is 25.9 Å². The summed E-state index contributed by atoms with van der Waals surface area (Å²) in [7, 11) is 0. The second kappa shape index (κ2) is 5.64. The molecule has 1 aliphatic heterocycles. The number of carbonyl (C=O) groups is 1. The van der Waals surface area contributed by atoms with Crippen LogP contribution in [0.2, 0.25) is 5.02 Å². The van der Waals surface area contributed by atoms with Gasteiger partial charge < -0.3 is 4.90 Å². The highest BCUT2D eigenvalue weighted by molar-refractivity contribution is 6.30. The van der Waals surface area contributed by atoms with E-state index in [2.05, 4.69) is 4.90 Å². The van der Waals surface area contributed by atoms with Crippen molar-refractivity contribution in [1.29, 1.82) is 0 Å². The molecule has 0 aromatic heterocycles. The average Bonchev–Trinajstić information content (AvgIpc) is 3.23. The highest BCUT2D eigenvalue weighted by atomic mass is 35.5.